The molecule has 5 heteroatoms. The van der Waals surface area contributed by atoms with Crippen LogP contribution in [0.3, 0.4) is 0 Å². The third-order valence-corrected chi connectivity index (χ3v) is 3.46. The van der Waals surface area contributed by atoms with Crippen molar-refractivity contribution in [2.75, 3.05) is 12.3 Å². The molecule has 0 atom stereocenters. The summed E-state index contributed by atoms with van der Waals surface area (Å²) in [5.41, 5.74) is 8.78. The van der Waals surface area contributed by atoms with Gasteiger partial charge in [0.25, 0.3) is 0 Å². The Morgan fingerprint density at radius 2 is 1.95 bits per heavy atom. The third kappa shape index (κ3) is 3.92. The molecule has 0 spiro atoms. The minimum absolute atomic E-state index is 0.430. The highest BCUT2D eigenvalue weighted by molar-refractivity contribution is 6.30. The van der Waals surface area contributed by atoms with Gasteiger partial charge in [0.2, 0.25) is 0 Å². The highest BCUT2D eigenvalue weighted by atomic mass is 35.5. The molecule has 0 aliphatic carbocycles. The van der Waals surface area contributed by atoms with Gasteiger partial charge in [0.1, 0.15) is 5.82 Å². The summed E-state index contributed by atoms with van der Waals surface area (Å²) in [7, 11) is 0. The van der Waals surface area contributed by atoms with E-state index in [9.17, 15) is 0 Å². The summed E-state index contributed by atoms with van der Waals surface area (Å²) in [4.78, 5) is 0. The van der Waals surface area contributed by atoms with Gasteiger partial charge in [-0.15, -0.1) is 10.2 Å². The van der Waals surface area contributed by atoms with Crippen LogP contribution in [0.15, 0.2) is 30.3 Å². The second kappa shape index (κ2) is 7.22. The van der Waals surface area contributed by atoms with Crippen molar-refractivity contribution < 1.29 is 4.74 Å². The molecule has 2 aromatic rings. The molecule has 106 valence electrons. The van der Waals surface area contributed by atoms with E-state index in [0.29, 0.717) is 24.2 Å². The van der Waals surface area contributed by atoms with Gasteiger partial charge in [-0.05, 0) is 36.5 Å². The minimum Gasteiger partial charge on any atom is -0.382 e. The number of nitrogens with two attached hydrogens (primary N) is 1. The second-order valence-corrected chi connectivity index (χ2v) is 4.98. The fraction of sp³-hybridized carbons (Fsp3) is 0.333. The maximum atomic E-state index is 6.04. The van der Waals surface area contributed by atoms with E-state index < -0.39 is 0 Å². The number of rotatable bonds is 6. The first-order valence-electron chi connectivity index (χ1n) is 6.57. The summed E-state index contributed by atoms with van der Waals surface area (Å²) < 4.78 is 5.64. The second-order valence-electron chi connectivity index (χ2n) is 4.62. The maximum absolute atomic E-state index is 6.04. The van der Waals surface area contributed by atoms with E-state index >= 15 is 0 Å². The topological polar surface area (TPSA) is 61.0 Å². The fourth-order valence-electron chi connectivity index (χ4n) is 1.95. The molecule has 0 saturated carbocycles. The Bertz CT molecular complexity index is 561. The Hall–Kier alpha value is -1.65. The van der Waals surface area contributed by atoms with Gasteiger partial charge < -0.3 is 10.5 Å². The number of ether oxygens (including phenoxy) is 1. The summed E-state index contributed by atoms with van der Waals surface area (Å²) in [5.74, 6) is 0.439. The van der Waals surface area contributed by atoms with Gasteiger partial charge in [-0.1, -0.05) is 41.9 Å². The first-order chi connectivity index (χ1) is 9.68. The largest absolute Gasteiger partial charge is 0.382 e. The van der Waals surface area contributed by atoms with Crippen molar-refractivity contribution in [2.45, 2.75) is 26.4 Å². The van der Waals surface area contributed by atoms with Gasteiger partial charge in [0.15, 0.2) is 5.15 Å². The first kappa shape index (κ1) is 14.8. The van der Waals surface area contributed by atoms with Crippen LogP contribution in [0, 0.1) is 6.92 Å². The lowest BCUT2D eigenvalue weighted by Crippen LogP contribution is -2.04. The lowest BCUT2D eigenvalue weighted by Gasteiger charge is -2.09. The first-order valence-corrected chi connectivity index (χ1v) is 6.95. The van der Waals surface area contributed by atoms with Crippen LogP contribution in [0.25, 0.3) is 0 Å². The van der Waals surface area contributed by atoms with Gasteiger partial charge >= 0.3 is 0 Å². The maximum Gasteiger partial charge on any atom is 0.155 e. The number of nitrogens with zero attached hydrogens (tertiary/aromatic N) is 2. The average Bonchev–Trinajstić information content (AvgIpc) is 2.47. The molecule has 1 aromatic heterocycles. The number of aromatic nitrogens is 2. The Balaban J connectivity index is 1.78. The molecule has 1 heterocycles. The summed E-state index contributed by atoms with van der Waals surface area (Å²) >= 11 is 6.04. The molecule has 0 radical (unpaired) electrons. The molecule has 0 unspecified atom stereocenters. The third-order valence-electron chi connectivity index (χ3n) is 3.16. The number of halogens is 1. The molecule has 20 heavy (non-hydrogen) atoms. The Morgan fingerprint density at radius 1 is 1.20 bits per heavy atom. The summed E-state index contributed by atoms with van der Waals surface area (Å²) in [6.45, 7) is 3.22. The quantitative estimate of drug-likeness (QED) is 0.831. The fourth-order valence-corrected chi connectivity index (χ4v) is 2.22. The smallest absolute Gasteiger partial charge is 0.155 e. The minimum atomic E-state index is 0.430. The number of anilines is 1. The van der Waals surface area contributed by atoms with Gasteiger partial charge in [-0.25, -0.2) is 0 Å². The van der Waals surface area contributed by atoms with Crippen LogP contribution >= 0.6 is 11.6 Å². The zero-order valence-corrected chi connectivity index (χ0v) is 12.2. The molecule has 2 N–H and O–H groups in total. The predicted octanol–water partition coefficient (Wildman–Crippen LogP) is 3.17. The van der Waals surface area contributed by atoms with Crippen LogP contribution in [-0.2, 0) is 17.8 Å². The number of benzene rings is 1. The Kier molecular flexibility index (Phi) is 5.32. The molecule has 0 fully saturated rings. The predicted molar refractivity (Wildman–Crippen MR) is 80.6 cm³/mol. The van der Waals surface area contributed by atoms with Crippen LogP contribution < -0.4 is 5.73 Å². The molecule has 0 aliphatic rings. The molecule has 2 rings (SSSR count). The lowest BCUT2D eigenvalue weighted by atomic mass is 10.1. The molecule has 1 aromatic carbocycles. The average molecular weight is 292 g/mol. The van der Waals surface area contributed by atoms with Crippen LogP contribution in [0.4, 0.5) is 5.82 Å². The molecular weight excluding hydrogens is 274 g/mol. The highest BCUT2D eigenvalue weighted by Crippen LogP contribution is 2.21. The van der Waals surface area contributed by atoms with E-state index in [0.717, 1.165) is 24.0 Å². The molecule has 0 aliphatic heterocycles. The molecular formula is C15H18ClN3O. The number of hydrogen-bond acceptors (Lipinski definition) is 4. The van der Waals surface area contributed by atoms with E-state index in [4.69, 9.17) is 22.1 Å². The zero-order chi connectivity index (χ0) is 14.4. The van der Waals surface area contributed by atoms with Crippen LogP contribution in [0.1, 0.15) is 23.1 Å². The van der Waals surface area contributed by atoms with Crippen molar-refractivity contribution in [3.63, 3.8) is 0 Å². The van der Waals surface area contributed by atoms with E-state index in [1.54, 1.807) is 0 Å². The number of hydrogen-bond donors (Lipinski definition) is 1. The van der Waals surface area contributed by atoms with Crippen LogP contribution in [0.2, 0.25) is 5.15 Å². The van der Waals surface area contributed by atoms with Crippen molar-refractivity contribution >= 4 is 17.4 Å². The standard InChI is InChI=1S/C15H18ClN3O/c1-11-13(14(16)18-19-15(11)17)8-5-9-20-10-12-6-3-2-4-7-12/h2-4,6-7H,5,8-10H2,1H3,(H2,17,19). The van der Waals surface area contributed by atoms with Gasteiger partial charge in [0, 0.05) is 6.61 Å². The van der Waals surface area contributed by atoms with Crippen LogP contribution in [0.5, 0.6) is 0 Å². The molecule has 0 amide bonds. The van der Waals surface area contributed by atoms with Gasteiger partial charge in [-0.3, -0.25) is 0 Å². The van der Waals surface area contributed by atoms with Crippen molar-refractivity contribution in [3.8, 4) is 0 Å². The van der Waals surface area contributed by atoms with E-state index in [-0.39, 0.29) is 0 Å². The highest BCUT2D eigenvalue weighted by Gasteiger charge is 2.09. The Labute approximate surface area is 123 Å². The normalized spacial score (nSPS) is 10.7. The summed E-state index contributed by atoms with van der Waals surface area (Å²) in [5, 5.41) is 8.05. The van der Waals surface area contributed by atoms with E-state index in [1.165, 1.54) is 5.56 Å². The van der Waals surface area contributed by atoms with Crippen molar-refractivity contribution in [1.82, 2.24) is 10.2 Å². The monoisotopic (exact) mass is 291 g/mol. The van der Waals surface area contributed by atoms with Crippen molar-refractivity contribution in [1.29, 1.82) is 0 Å². The van der Waals surface area contributed by atoms with Gasteiger partial charge in [0.05, 0.1) is 6.61 Å². The number of nitrogen functional groups attached to an aromatic ring is 1. The molecule has 0 saturated heterocycles. The van der Waals surface area contributed by atoms with E-state index in [2.05, 4.69) is 22.3 Å². The molecule has 0 bridgehead atoms. The van der Waals surface area contributed by atoms with Crippen LogP contribution in [-0.4, -0.2) is 16.8 Å². The van der Waals surface area contributed by atoms with Crippen molar-refractivity contribution in [3.05, 3.63) is 52.2 Å². The lowest BCUT2D eigenvalue weighted by molar-refractivity contribution is 0.118. The zero-order valence-electron chi connectivity index (χ0n) is 11.5. The van der Waals surface area contributed by atoms with Gasteiger partial charge in [-0.2, -0.15) is 0 Å². The summed E-state index contributed by atoms with van der Waals surface area (Å²) in [6, 6.07) is 10.1. The molecule has 4 nitrogen and oxygen atoms in total. The summed E-state index contributed by atoms with van der Waals surface area (Å²) in [6.07, 6.45) is 1.66. The van der Waals surface area contributed by atoms with Crippen molar-refractivity contribution in [2.24, 2.45) is 0 Å². The SMILES string of the molecule is Cc1c(N)nnc(Cl)c1CCCOCc1ccccc1. The van der Waals surface area contributed by atoms with E-state index in [1.807, 2.05) is 25.1 Å². The Morgan fingerprint density at radius 3 is 2.70 bits per heavy atom.